The highest BCUT2D eigenvalue weighted by atomic mass is 16.5. The summed E-state index contributed by atoms with van der Waals surface area (Å²) in [6.07, 6.45) is 5.56. The topological polar surface area (TPSA) is 30.5 Å². The van der Waals surface area contributed by atoms with Gasteiger partial charge in [-0.25, -0.2) is 0 Å². The van der Waals surface area contributed by atoms with E-state index in [1.54, 1.807) is 0 Å². The van der Waals surface area contributed by atoms with Gasteiger partial charge >= 0.3 is 0 Å². The highest BCUT2D eigenvalue weighted by Crippen LogP contribution is 2.39. The zero-order valence-electron chi connectivity index (χ0n) is 11.9. The van der Waals surface area contributed by atoms with Crippen LogP contribution < -0.4 is 5.32 Å². The minimum Gasteiger partial charge on any atom is -0.376 e. The van der Waals surface area contributed by atoms with Gasteiger partial charge in [-0.15, -0.1) is 0 Å². The molecule has 0 amide bonds. The molecular formula is C17H23NO2. The molecule has 0 radical (unpaired) electrons. The molecule has 2 aliphatic heterocycles. The lowest BCUT2D eigenvalue weighted by Gasteiger charge is -2.28. The number of benzene rings is 1. The molecule has 1 N–H and O–H groups in total. The molecule has 20 heavy (non-hydrogen) atoms. The second-order valence-corrected chi connectivity index (χ2v) is 6.28. The summed E-state index contributed by atoms with van der Waals surface area (Å²) < 4.78 is 11.9. The van der Waals surface area contributed by atoms with E-state index in [0.29, 0.717) is 12.1 Å². The summed E-state index contributed by atoms with van der Waals surface area (Å²) in [4.78, 5) is 0. The average Bonchev–Trinajstić information content (AvgIpc) is 3.24. The number of hydrogen-bond acceptors (Lipinski definition) is 3. The molecule has 1 aromatic carbocycles. The SMILES string of the molecule is c1ccc2c(c1)CCOC2CNC1CCOC1C1CC1. The van der Waals surface area contributed by atoms with Gasteiger partial charge in [0, 0.05) is 19.2 Å². The van der Waals surface area contributed by atoms with Crippen molar-refractivity contribution in [1.82, 2.24) is 5.32 Å². The molecule has 1 aliphatic carbocycles. The number of nitrogens with one attached hydrogen (secondary N) is 1. The predicted molar refractivity (Wildman–Crippen MR) is 77.7 cm³/mol. The molecule has 4 rings (SSSR count). The fraction of sp³-hybridized carbons (Fsp3) is 0.647. The van der Waals surface area contributed by atoms with Crippen LogP contribution in [0.1, 0.15) is 36.5 Å². The largest absolute Gasteiger partial charge is 0.376 e. The molecule has 3 atom stereocenters. The summed E-state index contributed by atoms with van der Waals surface area (Å²) in [5, 5.41) is 3.71. The first kappa shape index (κ1) is 12.8. The maximum atomic E-state index is 5.97. The van der Waals surface area contributed by atoms with E-state index >= 15 is 0 Å². The Kier molecular flexibility index (Phi) is 3.51. The van der Waals surface area contributed by atoms with Crippen molar-refractivity contribution in [3.63, 3.8) is 0 Å². The van der Waals surface area contributed by atoms with Crippen LogP contribution in [0.3, 0.4) is 0 Å². The molecule has 0 aromatic heterocycles. The third-order valence-corrected chi connectivity index (χ3v) is 4.88. The van der Waals surface area contributed by atoms with Gasteiger partial charge in [0.15, 0.2) is 0 Å². The fourth-order valence-electron chi connectivity index (χ4n) is 3.62. The molecule has 1 saturated carbocycles. The number of hydrogen-bond donors (Lipinski definition) is 1. The third-order valence-electron chi connectivity index (χ3n) is 4.88. The molecule has 1 aromatic rings. The Hall–Kier alpha value is -0.900. The second-order valence-electron chi connectivity index (χ2n) is 6.28. The van der Waals surface area contributed by atoms with Crippen LogP contribution in [0, 0.1) is 5.92 Å². The van der Waals surface area contributed by atoms with Crippen molar-refractivity contribution in [3.8, 4) is 0 Å². The first-order valence-electron chi connectivity index (χ1n) is 7.96. The third kappa shape index (κ3) is 2.50. The Morgan fingerprint density at radius 2 is 1.95 bits per heavy atom. The van der Waals surface area contributed by atoms with E-state index in [0.717, 1.165) is 38.5 Å². The lowest BCUT2D eigenvalue weighted by molar-refractivity contribution is 0.0347. The molecular weight excluding hydrogens is 250 g/mol. The Labute approximate surface area is 120 Å². The molecule has 1 saturated heterocycles. The quantitative estimate of drug-likeness (QED) is 0.914. The summed E-state index contributed by atoms with van der Waals surface area (Å²) in [6, 6.07) is 9.22. The van der Waals surface area contributed by atoms with Crippen LogP contribution in [0.15, 0.2) is 24.3 Å². The monoisotopic (exact) mass is 273 g/mol. The molecule has 3 unspecified atom stereocenters. The van der Waals surface area contributed by atoms with Gasteiger partial charge in [-0.1, -0.05) is 24.3 Å². The molecule has 108 valence electrons. The summed E-state index contributed by atoms with van der Waals surface area (Å²) >= 11 is 0. The average molecular weight is 273 g/mol. The second kappa shape index (κ2) is 5.47. The number of ether oxygens (including phenoxy) is 2. The van der Waals surface area contributed by atoms with Crippen LogP contribution >= 0.6 is 0 Å². The van der Waals surface area contributed by atoms with Gasteiger partial charge in [0.05, 0.1) is 18.8 Å². The van der Waals surface area contributed by atoms with Crippen LogP contribution in [-0.4, -0.2) is 31.9 Å². The van der Waals surface area contributed by atoms with Crippen molar-refractivity contribution in [2.75, 3.05) is 19.8 Å². The number of rotatable bonds is 4. The molecule has 2 fully saturated rings. The maximum Gasteiger partial charge on any atom is 0.0952 e. The molecule has 3 heteroatoms. The van der Waals surface area contributed by atoms with E-state index in [1.807, 2.05) is 0 Å². The van der Waals surface area contributed by atoms with Gasteiger partial charge in [0.1, 0.15) is 0 Å². The van der Waals surface area contributed by atoms with Gasteiger partial charge in [0.25, 0.3) is 0 Å². The summed E-state index contributed by atoms with van der Waals surface area (Å²) in [5.74, 6) is 0.814. The van der Waals surface area contributed by atoms with Gasteiger partial charge < -0.3 is 14.8 Å². The van der Waals surface area contributed by atoms with Gasteiger partial charge in [-0.2, -0.15) is 0 Å². The van der Waals surface area contributed by atoms with E-state index in [4.69, 9.17) is 9.47 Å². The van der Waals surface area contributed by atoms with Crippen molar-refractivity contribution in [1.29, 1.82) is 0 Å². The van der Waals surface area contributed by atoms with Crippen molar-refractivity contribution in [2.45, 2.75) is 43.9 Å². The number of fused-ring (bicyclic) bond motifs is 1. The molecule has 3 aliphatic rings. The summed E-state index contributed by atoms with van der Waals surface area (Å²) in [6.45, 7) is 2.67. The normalized spacial score (nSPS) is 33.1. The molecule has 0 bridgehead atoms. The smallest absolute Gasteiger partial charge is 0.0952 e. The molecule has 2 heterocycles. The van der Waals surface area contributed by atoms with Gasteiger partial charge in [0.2, 0.25) is 0 Å². The first-order valence-corrected chi connectivity index (χ1v) is 7.96. The zero-order valence-corrected chi connectivity index (χ0v) is 11.9. The van der Waals surface area contributed by atoms with Crippen LogP contribution in [0.5, 0.6) is 0 Å². The van der Waals surface area contributed by atoms with E-state index < -0.39 is 0 Å². The van der Waals surface area contributed by atoms with Crippen molar-refractivity contribution >= 4 is 0 Å². The predicted octanol–water partition coefficient (Wildman–Crippen LogP) is 2.46. The fourth-order valence-corrected chi connectivity index (χ4v) is 3.62. The van der Waals surface area contributed by atoms with E-state index in [9.17, 15) is 0 Å². The Morgan fingerprint density at radius 1 is 1.05 bits per heavy atom. The minimum absolute atomic E-state index is 0.209. The summed E-state index contributed by atoms with van der Waals surface area (Å²) in [7, 11) is 0. The van der Waals surface area contributed by atoms with E-state index in [2.05, 4.69) is 29.6 Å². The standard InChI is InChI=1S/C17H23NO2/c1-2-4-14-12(3-1)7-9-19-16(14)11-18-15-8-10-20-17(15)13-5-6-13/h1-4,13,15-18H,5-11H2. The minimum atomic E-state index is 0.209. The molecule has 0 spiro atoms. The Morgan fingerprint density at radius 3 is 2.85 bits per heavy atom. The maximum absolute atomic E-state index is 5.97. The first-order chi connectivity index (χ1) is 9.92. The van der Waals surface area contributed by atoms with E-state index in [-0.39, 0.29) is 6.10 Å². The van der Waals surface area contributed by atoms with Gasteiger partial charge in [-0.3, -0.25) is 0 Å². The highest BCUT2D eigenvalue weighted by molar-refractivity contribution is 5.31. The van der Waals surface area contributed by atoms with Crippen molar-refractivity contribution < 1.29 is 9.47 Å². The van der Waals surface area contributed by atoms with Crippen molar-refractivity contribution in [2.24, 2.45) is 5.92 Å². The summed E-state index contributed by atoms with van der Waals surface area (Å²) in [5.41, 5.74) is 2.82. The van der Waals surface area contributed by atoms with Crippen LogP contribution in [0.4, 0.5) is 0 Å². The van der Waals surface area contributed by atoms with Crippen LogP contribution in [0.2, 0.25) is 0 Å². The van der Waals surface area contributed by atoms with E-state index in [1.165, 1.54) is 24.0 Å². The van der Waals surface area contributed by atoms with Crippen LogP contribution in [-0.2, 0) is 15.9 Å². The van der Waals surface area contributed by atoms with Crippen molar-refractivity contribution in [3.05, 3.63) is 35.4 Å². The lowest BCUT2D eigenvalue weighted by Crippen LogP contribution is -2.40. The van der Waals surface area contributed by atoms with Crippen LogP contribution in [0.25, 0.3) is 0 Å². The highest BCUT2D eigenvalue weighted by Gasteiger charge is 2.40. The molecule has 3 nitrogen and oxygen atoms in total. The van der Waals surface area contributed by atoms with Gasteiger partial charge in [-0.05, 0) is 42.7 Å². The lowest BCUT2D eigenvalue weighted by atomic mass is 9.97. The zero-order chi connectivity index (χ0) is 13.4. The Balaban J connectivity index is 1.40. The Bertz CT molecular complexity index is 472.